The zero-order valence-corrected chi connectivity index (χ0v) is 25.0. The highest BCUT2D eigenvalue weighted by Gasteiger charge is 2.28. The molecule has 4 aromatic carbocycles. The SMILES string of the molecule is COc1ccc(S(=O)(=O)N(Cc2ccccc2)c2ccccc2C(=O)N/N=C/c2cc(C)n(-c3ccccc3)c2C)cc1. The van der Waals surface area contributed by atoms with Crippen LogP contribution < -0.4 is 14.5 Å². The Balaban J connectivity index is 1.46. The third-order valence-corrected chi connectivity index (χ3v) is 8.86. The van der Waals surface area contributed by atoms with Gasteiger partial charge in [0.1, 0.15) is 5.75 Å². The molecule has 9 heteroatoms. The largest absolute Gasteiger partial charge is 0.497 e. The van der Waals surface area contributed by atoms with Crippen molar-refractivity contribution in [2.24, 2.45) is 5.10 Å². The minimum atomic E-state index is -4.07. The average Bonchev–Trinajstić information content (AvgIpc) is 3.32. The molecule has 0 saturated carbocycles. The molecule has 8 nitrogen and oxygen atoms in total. The Morgan fingerprint density at radius 1 is 0.884 bits per heavy atom. The van der Waals surface area contributed by atoms with E-state index in [1.807, 2.05) is 80.6 Å². The van der Waals surface area contributed by atoms with Gasteiger partial charge in [-0.15, -0.1) is 0 Å². The highest BCUT2D eigenvalue weighted by molar-refractivity contribution is 7.92. The fourth-order valence-electron chi connectivity index (χ4n) is 4.92. The Labute approximate surface area is 251 Å². The molecule has 0 atom stereocenters. The molecule has 1 heterocycles. The van der Waals surface area contributed by atoms with Crippen LogP contribution >= 0.6 is 0 Å². The summed E-state index contributed by atoms with van der Waals surface area (Å²) in [5.41, 5.74) is 7.65. The number of sulfonamides is 1. The second-order valence-corrected chi connectivity index (χ2v) is 11.7. The van der Waals surface area contributed by atoms with Gasteiger partial charge < -0.3 is 9.30 Å². The third-order valence-electron chi connectivity index (χ3n) is 7.09. The standard InChI is InChI=1S/C34H32N4O4S/c1-25-22-28(26(2)38(25)29-14-8-5-9-15-29)23-35-36-34(39)32-16-10-11-17-33(32)37(24-27-12-6-4-7-13-27)43(40,41)31-20-18-30(42-3)19-21-31/h4-23H,24H2,1-3H3,(H,36,39)/b35-23+. The minimum Gasteiger partial charge on any atom is -0.497 e. The van der Waals surface area contributed by atoms with Crippen molar-refractivity contribution in [2.75, 3.05) is 11.4 Å². The summed E-state index contributed by atoms with van der Waals surface area (Å²) in [7, 11) is -2.56. The van der Waals surface area contributed by atoms with Gasteiger partial charge in [0.05, 0.1) is 36.0 Å². The van der Waals surface area contributed by atoms with Crippen molar-refractivity contribution < 1.29 is 17.9 Å². The summed E-state index contributed by atoms with van der Waals surface area (Å²) in [5, 5.41) is 4.23. The molecular weight excluding hydrogens is 560 g/mol. The van der Waals surface area contributed by atoms with E-state index < -0.39 is 15.9 Å². The van der Waals surface area contributed by atoms with E-state index in [2.05, 4.69) is 15.1 Å². The number of aromatic nitrogens is 1. The van der Waals surface area contributed by atoms with Crippen LogP contribution in [0.15, 0.2) is 125 Å². The molecule has 0 saturated heterocycles. The second kappa shape index (κ2) is 12.8. The van der Waals surface area contributed by atoms with Gasteiger partial charge in [-0.1, -0.05) is 60.7 Å². The Hall–Kier alpha value is -5.15. The zero-order valence-electron chi connectivity index (χ0n) is 24.1. The molecule has 0 aliphatic carbocycles. The number of benzene rings is 4. The fourth-order valence-corrected chi connectivity index (χ4v) is 6.39. The molecule has 0 bridgehead atoms. The number of aryl methyl sites for hydroxylation is 1. The summed E-state index contributed by atoms with van der Waals surface area (Å²) in [5.74, 6) is 0.00227. The fraction of sp³-hybridized carbons (Fsp3) is 0.118. The van der Waals surface area contributed by atoms with E-state index in [0.29, 0.717) is 5.75 Å². The maximum absolute atomic E-state index is 14.0. The Kier molecular flexibility index (Phi) is 8.73. The van der Waals surface area contributed by atoms with Crippen LogP contribution in [0.3, 0.4) is 0 Å². The van der Waals surface area contributed by atoms with E-state index in [0.717, 1.165) is 28.2 Å². The number of methoxy groups -OCH3 is 1. The molecule has 1 N–H and O–H groups in total. The lowest BCUT2D eigenvalue weighted by Gasteiger charge is -2.26. The van der Waals surface area contributed by atoms with Crippen LogP contribution in [-0.4, -0.2) is 32.2 Å². The number of anilines is 1. The second-order valence-electron chi connectivity index (χ2n) is 9.89. The van der Waals surface area contributed by atoms with Crippen molar-refractivity contribution in [3.8, 4) is 11.4 Å². The molecule has 0 spiro atoms. The molecule has 0 radical (unpaired) electrons. The Bertz CT molecular complexity index is 1850. The molecule has 0 fully saturated rings. The van der Waals surface area contributed by atoms with Crippen LogP contribution in [0.5, 0.6) is 5.75 Å². The van der Waals surface area contributed by atoms with Gasteiger partial charge in [0.2, 0.25) is 0 Å². The van der Waals surface area contributed by atoms with Gasteiger partial charge in [-0.05, 0) is 74.0 Å². The monoisotopic (exact) mass is 592 g/mol. The van der Waals surface area contributed by atoms with Gasteiger partial charge in [-0.2, -0.15) is 5.10 Å². The molecule has 0 aliphatic heterocycles. The number of amides is 1. The first-order valence-electron chi connectivity index (χ1n) is 13.7. The topological polar surface area (TPSA) is 93.0 Å². The lowest BCUT2D eigenvalue weighted by Crippen LogP contribution is -2.33. The van der Waals surface area contributed by atoms with E-state index in [4.69, 9.17) is 4.74 Å². The summed E-state index contributed by atoms with van der Waals surface area (Å²) in [6, 6.07) is 34.0. The lowest BCUT2D eigenvalue weighted by molar-refractivity contribution is 0.0955. The molecule has 43 heavy (non-hydrogen) atoms. The van der Waals surface area contributed by atoms with Crippen LogP contribution in [-0.2, 0) is 16.6 Å². The first-order chi connectivity index (χ1) is 20.8. The molecular formula is C34H32N4O4S. The van der Waals surface area contributed by atoms with Crippen molar-refractivity contribution in [3.63, 3.8) is 0 Å². The Morgan fingerprint density at radius 3 is 2.19 bits per heavy atom. The highest BCUT2D eigenvalue weighted by Crippen LogP contribution is 2.30. The van der Waals surface area contributed by atoms with Crippen molar-refractivity contribution >= 4 is 27.8 Å². The van der Waals surface area contributed by atoms with Gasteiger partial charge in [-0.3, -0.25) is 9.10 Å². The maximum atomic E-state index is 14.0. The molecule has 5 rings (SSSR count). The van der Waals surface area contributed by atoms with Crippen LogP contribution in [0.2, 0.25) is 0 Å². The summed E-state index contributed by atoms with van der Waals surface area (Å²) < 4.78 is 36.6. The predicted molar refractivity (Wildman–Crippen MR) is 170 cm³/mol. The summed E-state index contributed by atoms with van der Waals surface area (Å²) in [4.78, 5) is 13.5. The normalized spacial score (nSPS) is 11.4. The number of ether oxygens (including phenoxy) is 1. The van der Waals surface area contributed by atoms with E-state index in [-0.39, 0.29) is 22.7 Å². The first-order valence-corrected chi connectivity index (χ1v) is 15.1. The highest BCUT2D eigenvalue weighted by atomic mass is 32.2. The Morgan fingerprint density at radius 2 is 1.51 bits per heavy atom. The summed E-state index contributed by atoms with van der Waals surface area (Å²) in [6.07, 6.45) is 1.60. The van der Waals surface area contributed by atoms with E-state index in [1.54, 1.807) is 42.6 Å². The van der Waals surface area contributed by atoms with Crippen molar-refractivity contribution in [1.29, 1.82) is 0 Å². The molecule has 0 unspecified atom stereocenters. The van der Waals surface area contributed by atoms with Crippen molar-refractivity contribution in [3.05, 3.63) is 143 Å². The quantitative estimate of drug-likeness (QED) is 0.153. The lowest BCUT2D eigenvalue weighted by atomic mass is 10.1. The predicted octanol–water partition coefficient (Wildman–Crippen LogP) is 6.26. The van der Waals surface area contributed by atoms with Crippen LogP contribution in [0.25, 0.3) is 5.69 Å². The van der Waals surface area contributed by atoms with E-state index in [9.17, 15) is 13.2 Å². The smallest absolute Gasteiger partial charge is 0.273 e. The van der Waals surface area contributed by atoms with Crippen LogP contribution in [0.1, 0.15) is 32.9 Å². The van der Waals surface area contributed by atoms with Crippen molar-refractivity contribution in [2.45, 2.75) is 25.3 Å². The molecule has 1 amide bonds. The number of hydrogen-bond acceptors (Lipinski definition) is 5. The zero-order chi connectivity index (χ0) is 30.4. The molecule has 0 aliphatic rings. The van der Waals surface area contributed by atoms with Crippen LogP contribution in [0.4, 0.5) is 5.69 Å². The average molecular weight is 593 g/mol. The number of nitrogens with zero attached hydrogens (tertiary/aromatic N) is 3. The number of carbonyl (C=O) groups excluding carboxylic acids is 1. The minimum absolute atomic E-state index is 0.0221. The number of carbonyl (C=O) groups is 1. The van der Waals surface area contributed by atoms with E-state index in [1.165, 1.54) is 23.5 Å². The molecule has 218 valence electrons. The molecule has 1 aromatic heterocycles. The van der Waals surface area contributed by atoms with Gasteiger partial charge in [-0.25, -0.2) is 13.8 Å². The van der Waals surface area contributed by atoms with Gasteiger partial charge in [0.15, 0.2) is 0 Å². The number of hydrogen-bond donors (Lipinski definition) is 1. The number of hydrazone groups is 1. The molecule has 5 aromatic rings. The number of nitrogens with one attached hydrogen (secondary N) is 1. The number of rotatable bonds is 10. The van der Waals surface area contributed by atoms with E-state index >= 15 is 0 Å². The maximum Gasteiger partial charge on any atom is 0.273 e. The third kappa shape index (κ3) is 6.37. The van der Waals surface area contributed by atoms with Gasteiger partial charge in [0.25, 0.3) is 15.9 Å². The summed E-state index contributed by atoms with van der Waals surface area (Å²) >= 11 is 0. The summed E-state index contributed by atoms with van der Waals surface area (Å²) in [6.45, 7) is 4.02. The van der Waals surface area contributed by atoms with Crippen LogP contribution in [0, 0.1) is 13.8 Å². The van der Waals surface area contributed by atoms with Crippen molar-refractivity contribution in [1.82, 2.24) is 9.99 Å². The van der Waals surface area contributed by atoms with Gasteiger partial charge >= 0.3 is 0 Å². The van der Waals surface area contributed by atoms with Gasteiger partial charge in [0, 0.05) is 22.6 Å². The number of para-hydroxylation sites is 2. The first kappa shape index (κ1) is 29.3.